The number of rotatable bonds is 5. The van der Waals surface area contributed by atoms with E-state index in [-0.39, 0.29) is 6.61 Å². The zero-order chi connectivity index (χ0) is 11.4. The molecule has 0 unspecified atom stereocenters. The summed E-state index contributed by atoms with van der Waals surface area (Å²) in [6.45, 7) is 2.11. The molecule has 1 N–H and O–H groups in total. The van der Waals surface area contributed by atoms with Gasteiger partial charge >= 0.3 is 0 Å². The van der Waals surface area contributed by atoms with E-state index in [0.29, 0.717) is 31.0 Å². The first-order chi connectivity index (χ1) is 7.78. The minimum atomic E-state index is 0.142. The Morgan fingerprint density at radius 1 is 1.44 bits per heavy atom. The van der Waals surface area contributed by atoms with E-state index in [1.807, 2.05) is 12.3 Å². The highest BCUT2D eigenvalue weighted by molar-refractivity contribution is 7.09. The number of aryl methyl sites for hydroxylation is 2. The number of hydrogen-bond donors (Lipinski definition) is 1. The first-order valence-corrected chi connectivity index (χ1v) is 5.99. The van der Waals surface area contributed by atoms with Gasteiger partial charge in [0.25, 0.3) is 0 Å². The summed E-state index contributed by atoms with van der Waals surface area (Å²) in [5, 5.41) is 15.6. The first kappa shape index (κ1) is 11.2. The maximum Gasteiger partial charge on any atom is 0.226 e. The van der Waals surface area contributed by atoms with Crippen molar-refractivity contribution < 1.29 is 9.63 Å². The molecule has 0 aliphatic carbocycles. The standard InChI is InChI=1S/C10H13N3O2S/c1-7-11-8(6-16-7)5-9-12-10(15-13-9)3-2-4-14/h6,14H,2-5H2,1H3. The highest BCUT2D eigenvalue weighted by Crippen LogP contribution is 2.11. The molecule has 0 fully saturated rings. The Hall–Kier alpha value is -1.27. The minimum Gasteiger partial charge on any atom is -0.396 e. The molecule has 0 aliphatic heterocycles. The van der Waals surface area contributed by atoms with Crippen LogP contribution in [0.2, 0.25) is 0 Å². The highest BCUT2D eigenvalue weighted by atomic mass is 32.1. The van der Waals surface area contributed by atoms with Gasteiger partial charge in [0.2, 0.25) is 5.89 Å². The molecule has 0 aliphatic rings. The number of aromatic nitrogens is 3. The zero-order valence-corrected chi connectivity index (χ0v) is 9.83. The van der Waals surface area contributed by atoms with Gasteiger partial charge in [0, 0.05) is 18.4 Å². The Labute approximate surface area is 97.2 Å². The summed E-state index contributed by atoms with van der Waals surface area (Å²) >= 11 is 1.61. The van der Waals surface area contributed by atoms with Crippen molar-refractivity contribution in [3.05, 3.63) is 27.8 Å². The Bertz CT molecular complexity index is 452. The predicted molar refractivity (Wildman–Crippen MR) is 59.4 cm³/mol. The van der Waals surface area contributed by atoms with Crippen molar-refractivity contribution in [3.63, 3.8) is 0 Å². The average Bonchev–Trinajstić information content (AvgIpc) is 2.86. The van der Waals surface area contributed by atoms with E-state index in [4.69, 9.17) is 9.63 Å². The molecule has 86 valence electrons. The van der Waals surface area contributed by atoms with E-state index in [9.17, 15) is 0 Å². The van der Waals surface area contributed by atoms with Crippen LogP contribution in [0.3, 0.4) is 0 Å². The minimum absolute atomic E-state index is 0.142. The van der Waals surface area contributed by atoms with E-state index in [2.05, 4.69) is 15.1 Å². The predicted octanol–water partition coefficient (Wildman–Crippen LogP) is 1.35. The summed E-state index contributed by atoms with van der Waals surface area (Å²) in [6.07, 6.45) is 1.88. The van der Waals surface area contributed by atoms with Crippen molar-refractivity contribution in [1.29, 1.82) is 0 Å². The second kappa shape index (κ2) is 5.18. The number of aliphatic hydroxyl groups is 1. The first-order valence-electron chi connectivity index (χ1n) is 5.11. The van der Waals surface area contributed by atoms with Crippen molar-refractivity contribution in [2.45, 2.75) is 26.2 Å². The van der Waals surface area contributed by atoms with Gasteiger partial charge in [-0.3, -0.25) is 0 Å². The normalized spacial score (nSPS) is 10.9. The summed E-state index contributed by atoms with van der Waals surface area (Å²) in [6, 6.07) is 0. The molecule has 2 aromatic heterocycles. The van der Waals surface area contributed by atoms with Crippen LogP contribution < -0.4 is 0 Å². The third-order valence-corrected chi connectivity index (χ3v) is 2.89. The molecule has 0 bridgehead atoms. The molecule has 5 nitrogen and oxygen atoms in total. The van der Waals surface area contributed by atoms with Crippen LogP contribution in [0.15, 0.2) is 9.90 Å². The van der Waals surface area contributed by atoms with Crippen LogP contribution in [-0.2, 0) is 12.8 Å². The number of hydrogen-bond acceptors (Lipinski definition) is 6. The van der Waals surface area contributed by atoms with Gasteiger partial charge in [-0.25, -0.2) is 4.98 Å². The van der Waals surface area contributed by atoms with Crippen molar-refractivity contribution in [1.82, 2.24) is 15.1 Å². The summed E-state index contributed by atoms with van der Waals surface area (Å²) in [4.78, 5) is 8.56. The molecule has 0 amide bonds. The summed E-state index contributed by atoms with van der Waals surface area (Å²) in [5.41, 5.74) is 0.969. The lowest BCUT2D eigenvalue weighted by atomic mass is 10.3. The zero-order valence-electron chi connectivity index (χ0n) is 9.01. The van der Waals surface area contributed by atoms with Gasteiger partial charge in [0.05, 0.1) is 17.1 Å². The topological polar surface area (TPSA) is 72.0 Å². The third-order valence-electron chi connectivity index (χ3n) is 2.06. The maximum absolute atomic E-state index is 8.67. The molecule has 0 radical (unpaired) electrons. The molecule has 0 spiro atoms. The largest absolute Gasteiger partial charge is 0.396 e. The monoisotopic (exact) mass is 239 g/mol. The van der Waals surface area contributed by atoms with Crippen molar-refractivity contribution in [2.24, 2.45) is 0 Å². The smallest absolute Gasteiger partial charge is 0.226 e. The molecular formula is C10H13N3O2S. The van der Waals surface area contributed by atoms with Gasteiger partial charge in [-0.2, -0.15) is 4.98 Å². The Kier molecular flexibility index (Phi) is 3.63. The van der Waals surface area contributed by atoms with Gasteiger partial charge < -0.3 is 9.63 Å². The Morgan fingerprint density at radius 3 is 3.00 bits per heavy atom. The van der Waals surface area contributed by atoms with Crippen molar-refractivity contribution in [2.75, 3.05) is 6.61 Å². The van der Waals surface area contributed by atoms with E-state index in [0.717, 1.165) is 10.7 Å². The molecule has 2 rings (SSSR count). The Balaban J connectivity index is 1.97. The number of thiazole rings is 1. The summed E-state index contributed by atoms with van der Waals surface area (Å²) < 4.78 is 5.05. The molecule has 0 aromatic carbocycles. The van der Waals surface area contributed by atoms with Crippen LogP contribution in [0.4, 0.5) is 0 Å². The molecular weight excluding hydrogens is 226 g/mol. The van der Waals surface area contributed by atoms with E-state index in [1.54, 1.807) is 11.3 Å². The van der Waals surface area contributed by atoms with E-state index >= 15 is 0 Å². The molecule has 0 saturated carbocycles. The van der Waals surface area contributed by atoms with E-state index in [1.165, 1.54) is 0 Å². The lowest BCUT2D eigenvalue weighted by Crippen LogP contribution is -1.93. The van der Waals surface area contributed by atoms with Crippen LogP contribution in [0, 0.1) is 6.92 Å². The van der Waals surface area contributed by atoms with E-state index < -0.39 is 0 Å². The fourth-order valence-corrected chi connectivity index (χ4v) is 1.96. The van der Waals surface area contributed by atoms with Crippen molar-refractivity contribution in [3.8, 4) is 0 Å². The molecule has 16 heavy (non-hydrogen) atoms. The fourth-order valence-electron chi connectivity index (χ4n) is 1.35. The maximum atomic E-state index is 8.67. The second-order valence-corrected chi connectivity index (χ2v) is 4.53. The Morgan fingerprint density at radius 2 is 2.31 bits per heavy atom. The fraction of sp³-hybridized carbons (Fsp3) is 0.500. The van der Waals surface area contributed by atoms with Gasteiger partial charge in [-0.1, -0.05) is 5.16 Å². The molecule has 0 saturated heterocycles. The molecule has 0 atom stereocenters. The second-order valence-electron chi connectivity index (χ2n) is 3.47. The lowest BCUT2D eigenvalue weighted by Gasteiger charge is -1.88. The number of aliphatic hydroxyl groups excluding tert-OH is 1. The molecule has 2 heterocycles. The van der Waals surface area contributed by atoms with Crippen LogP contribution >= 0.6 is 11.3 Å². The van der Waals surface area contributed by atoms with Gasteiger partial charge in [-0.15, -0.1) is 11.3 Å². The quantitative estimate of drug-likeness (QED) is 0.852. The summed E-state index contributed by atoms with van der Waals surface area (Å²) in [7, 11) is 0. The van der Waals surface area contributed by atoms with Crippen LogP contribution in [0.5, 0.6) is 0 Å². The van der Waals surface area contributed by atoms with Gasteiger partial charge in [0.1, 0.15) is 0 Å². The van der Waals surface area contributed by atoms with Gasteiger partial charge in [-0.05, 0) is 13.3 Å². The number of nitrogens with zero attached hydrogens (tertiary/aromatic N) is 3. The van der Waals surface area contributed by atoms with Crippen LogP contribution in [0.25, 0.3) is 0 Å². The highest BCUT2D eigenvalue weighted by Gasteiger charge is 2.08. The molecule has 6 heteroatoms. The SMILES string of the molecule is Cc1nc(Cc2noc(CCCO)n2)cs1. The lowest BCUT2D eigenvalue weighted by molar-refractivity contribution is 0.278. The average molecular weight is 239 g/mol. The van der Waals surface area contributed by atoms with Crippen LogP contribution in [0.1, 0.15) is 28.8 Å². The summed E-state index contributed by atoms with van der Waals surface area (Å²) in [5.74, 6) is 1.23. The van der Waals surface area contributed by atoms with Gasteiger partial charge in [0.15, 0.2) is 5.82 Å². The van der Waals surface area contributed by atoms with Crippen molar-refractivity contribution >= 4 is 11.3 Å². The van der Waals surface area contributed by atoms with Crippen LogP contribution in [-0.4, -0.2) is 26.8 Å². The molecule has 2 aromatic rings. The third kappa shape index (κ3) is 2.86.